The molecular formula is C19H29N3O. The third kappa shape index (κ3) is 4.33. The zero-order valence-corrected chi connectivity index (χ0v) is 14.3. The largest absolute Gasteiger partial charge is 0.354 e. The average Bonchev–Trinajstić information content (AvgIpc) is 2.87. The minimum Gasteiger partial charge on any atom is -0.354 e. The number of carbonyl (C=O) groups is 1. The summed E-state index contributed by atoms with van der Waals surface area (Å²) in [5, 5.41) is 6.80. The molecule has 3 unspecified atom stereocenters. The topological polar surface area (TPSA) is 44.4 Å². The van der Waals surface area contributed by atoms with Crippen LogP contribution in [0.1, 0.15) is 43.7 Å². The molecule has 126 valence electrons. The highest BCUT2D eigenvalue weighted by molar-refractivity contribution is 5.76. The lowest BCUT2D eigenvalue weighted by Gasteiger charge is -2.29. The summed E-state index contributed by atoms with van der Waals surface area (Å²) in [5.41, 5.74) is 1.25. The first-order chi connectivity index (χ1) is 11.1. The van der Waals surface area contributed by atoms with Crippen molar-refractivity contribution in [1.29, 1.82) is 0 Å². The minimum absolute atomic E-state index is 0.207. The van der Waals surface area contributed by atoms with Gasteiger partial charge in [0.25, 0.3) is 0 Å². The lowest BCUT2D eigenvalue weighted by Crippen LogP contribution is -2.40. The van der Waals surface area contributed by atoms with Gasteiger partial charge in [0.2, 0.25) is 5.91 Å². The summed E-state index contributed by atoms with van der Waals surface area (Å²) in [6.07, 6.45) is 5.60. The van der Waals surface area contributed by atoms with Gasteiger partial charge in [0.05, 0.1) is 6.04 Å². The number of nitrogens with zero attached hydrogens (tertiary/aromatic N) is 1. The molecule has 3 atom stereocenters. The van der Waals surface area contributed by atoms with Crippen molar-refractivity contribution in [1.82, 2.24) is 15.5 Å². The summed E-state index contributed by atoms with van der Waals surface area (Å²) >= 11 is 0. The van der Waals surface area contributed by atoms with Crippen LogP contribution in [0.5, 0.6) is 0 Å². The standard InChI is InChI=1S/C19H29N3O/c1-22(2)18(15-6-4-3-5-7-15)13-20-19(23)12-14-10-16-8-9-17(11-14)21-16/h3-7,14,16-18,21H,8-13H2,1-2H3,(H,20,23). The van der Waals surface area contributed by atoms with E-state index in [0.717, 1.165) is 0 Å². The van der Waals surface area contributed by atoms with Gasteiger partial charge in [-0.3, -0.25) is 4.79 Å². The average molecular weight is 315 g/mol. The molecule has 1 aromatic carbocycles. The van der Waals surface area contributed by atoms with Crippen molar-refractivity contribution in [2.75, 3.05) is 20.6 Å². The molecule has 4 heteroatoms. The van der Waals surface area contributed by atoms with Crippen LogP contribution in [0.3, 0.4) is 0 Å². The summed E-state index contributed by atoms with van der Waals surface area (Å²) < 4.78 is 0. The van der Waals surface area contributed by atoms with Crippen LogP contribution in [-0.4, -0.2) is 43.5 Å². The first kappa shape index (κ1) is 16.5. The van der Waals surface area contributed by atoms with Gasteiger partial charge in [-0.2, -0.15) is 0 Å². The molecule has 2 saturated heterocycles. The molecule has 2 heterocycles. The molecule has 0 aliphatic carbocycles. The Bertz CT molecular complexity index is 505. The fraction of sp³-hybridized carbons (Fsp3) is 0.632. The molecule has 1 aromatic rings. The molecule has 4 nitrogen and oxygen atoms in total. The molecular weight excluding hydrogens is 286 g/mol. The zero-order chi connectivity index (χ0) is 16.2. The van der Waals surface area contributed by atoms with E-state index in [0.29, 0.717) is 31.0 Å². The van der Waals surface area contributed by atoms with Crippen LogP contribution in [0.4, 0.5) is 0 Å². The summed E-state index contributed by atoms with van der Waals surface area (Å²) in [4.78, 5) is 14.5. The summed E-state index contributed by atoms with van der Waals surface area (Å²) in [6.45, 7) is 0.674. The van der Waals surface area contributed by atoms with E-state index >= 15 is 0 Å². The Morgan fingerprint density at radius 1 is 1.22 bits per heavy atom. The molecule has 2 bridgehead atoms. The van der Waals surface area contributed by atoms with E-state index in [9.17, 15) is 4.79 Å². The molecule has 3 rings (SSSR count). The molecule has 23 heavy (non-hydrogen) atoms. The van der Waals surface area contributed by atoms with Crippen LogP contribution in [0.2, 0.25) is 0 Å². The summed E-state index contributed by atoms with van der Waals surface area (Å²) in [7, 11) is 4.13. The Labute approximate surface area is 139 Å². The van der Waals surface area contributed by atoms with Crippen LogP contribution in [-0.2, 0) is 4.79 Å². The van der Waals surface area contributed by atoms with Crippen LogP contribution in [0.25, 0.3) is 0 Å². The van der Waals surface area contributed by atoms with Gasteiger partial charge in [-0.25, -0.2) is 0 Å². The van der Waals surface area contributed by atoms with Gasteiger partial charge in [-0.05, 0) is 51.3 Å². The molecule has 0 saturated carbocycles. The Morgan fingerprint density at radius 3 is 2.48 bits per heavy atom. The van der Waals surface area contributed by atoms with Crippen molar-refractivity contribution >= 4 is 5.91 Å². The molecule has 1 amide bonds. The SMILES string of the molecule is CN(C)C(CNC(=O)CC1CC2CCC(C1)N2)c1ccccc1. The zero-order valence-electron chi connectivity index (χ0n) is 14.3. The lowest BCUT2D eigenvalue weighted by molar-refractivity contribution is -0.122. The van der Waals surface area contributed by atoms with E-state index in [-0.39, 0.29) is 11.9 Å². The fourth-order valence-corrected chi connectivity index (χ4v) is 4.16. The number of benzene rings is 1. The summed E-state index contributed by atoms with van der Waals surface area (Å²) in [5.74, 6) is 0.766. The number of likely N-dealkylation sites (N-methyl/N-ethyl adjacent to an activating group) is 1. The predicted octanol–water partition coefficient (Wildman–Crippen LogP) is 2.33. The highest BCUT2D eigenvalue weighted by Gasteiger charge is 2.34. The van der Waals surface area contributed by atoms with Crippen molar-refractivity contribution in [3.8, 4) is 0 Å². The van der Waals surface area contributed by atoms with E-state index in [4.69, 9.17) is 0 Å². The number of amides is 1. The van der Waals surface area contributed by atoms with Gasteiger partial charge < -0.3 is 15.5 Å². The second-order valence-corrected chi connectivity index (χ2v) is 7.37. The Kier molecular flexibility index (Phi) is 5.34. The van der Waals surface area contributed by atoms with Gasteiger partial charge in [-0.15, -0.1) is 0 Å². The van der Waals surface area contributed by atoms with Gasteiger partial charge in [0.1, 0.15) is 0 Å². The normalized spacial score (nSPS) is 27.9. The number of nitrogens with one attached hydrogen (secondary N) is 2. The first-order valence-electron chi connectivity index (χ1n) is 8.86. The van der Waals surface area contributed by atoms with Gasteiger partial charge in [-0.1, -0.05) is 30.3 Å². The number of hydrogen-bond donors (Lipinski definition) is 2. The van der Waals surface area contributed by atoms with Gasteiger partial charge in [0, 0.05) is 25.0 Å². The molecule has 2 aliphatic rings. The smallest absolute Gasteiger partial charge is 0.220 e. The number of carbonyl (C=O) groups excluding carboxylic acids is 1. The Balaban J connectivity index is 1.49. The highest BCUT2D eigenvalue weighted by atomic mass is 16.1. The Hall–Kier alpha value is -1.39. The fourth-order valence-electron chi connectivity index (χ4n) is 4.16. The highest BCUT2D eigenvalue weighted by Crippen LogP contribution is 2.32. The summed E-state index contributed by atoms with van der Waals surface area (Å²) in [6, 6.07) is 11.9. The van der Waals surface area contributed by atoms with Gasteiger partial charge in [0.15, 0.2) is 0 Å². The Morgan fingerprint density at radius 2 is 1.87 bits per heavy atom. The number of hydrogen-bond acceptors (Lipinski definition) is 3. The minimum atomic E-state index is 0.207. The van der Waals surface area contributed by atoms with Crippen LogP contribution in [0, 0.1) is 5.92 Å². The van der Waals surface area contributed by atoms with E-state index in [1.165, 1.54) is 31.2 Å². The van der Waals surface area contributed by atoms with Crippen molar-refractivity contribution in [3.05, 3.63) is 35.9 Å². The molecule has 0 radical (unpaired) electrons. The maximum atomic E-state index is 12.4. The number of piperidine rings is 1. The first-order valence-corrected chi connectivity index (χ1v) is 8.86. The maximum absolute atomic E-state index is 12.4. The molecule has 2 N–H and O–H groups in total. The maximum Gasteiger partial charge on any atom is 0.220 e. The molecule has 0 aromatic heterocycles. The van der Waals surface area contributed by atoms with E-state index in [2.05, 4.69) is 53.9 Å². The number of fused-ring (bicyclic) bond motifs is 2. The van der Waals surface area contributed by atoms with Crippen LogP contribution in [0.15, 0.2) is 30.3 Å². The third-order valence-corrected chi connectivity index (χ3v) is 5.35. The van der Waals surface area contributed by atoms with Crippen molar-refractivity contribution in [2.24, 2.45) is 5.92 Å². The monoisotopic (exact) mass is 315 g/mol. The quantitative estimate of drug-likeness (QED) is 0.847. The molecule has 2 fully saturated rings. The lowest BCUT2D eigenvalue weighted by atomic mass is 9.89. The van der Waals surface area contributed by atoms with Crippen LogP contribution >= 0.6 is 0 Å². The van der Waals surface area contributed by atoms with E-state index in [1.807, 2.05) is 6.07 Å². The second-order valence-electron chi connectivity index (χ2n) is 7.37. The molecule has 2 aliphatic heterocycles. The van der Waals surface area contributed by atoms with Crippen molar-refractivity contribution in [2.45, 2.75) is 50.2 Å². The van der Waals surface area contributed by atoms with Crippen molar-refractivity contribution < 1.29 is 4.79 Å². The third-order valence-electron chi connectivity index (χ3n) is 5.35. The van der Waals surface area contributed by atoms with Gasteiger partial charge >= 0.3 is 0 Å². The van der Waals surface area contributed by atoms with Crippen molar-refractivity contribution in [3.63, 3.8) is 0 Å². The molecule has 0 spiro atoms. The van der Waals surface area contributed by atoms with E-state index < -0.39 is 0 Å². The predicted molar refractivity (Wildman–Crippen MR) is 93.2 cm³/mol. The second kappa shape index (κ2) is 7.45. The van der Waals surface area contributed by atoms with E-state index in [1.54, 1.807) is 0 Å². The number of rotatable bonds is 6. The van der Waals surface area contributed by atoms with Crippen LogP contribution < -0.4 is 10.6 Å².